The molecule has 2 aromatic rings. The van der Waals surface area contributed by atoms with Gasteiger partial charge in [-0.2, -0.15) is 0 Å². The molecule has 18 heavy (non-hydrogen) atoms. The number of hydrogen-bond acceptors (Lipinski definition) is 0. The van der Waals surface area contributed by atoms with E-state index in [1.54, 1.807) is 0 Å². The van der Waals surface area contributed by atoms with Gasteiger partial charge in [0, 0.05) is 34.6 Å². The molecule has 0 atom stereocenters. The van der Waals surface area contributed by atoms with E-state index in [-0.39, 0.29) is 0 Å². The van der Waals surface area contributed by atoms with E-state index in [1.807, 2.05) is 18.2 Å². The second-order valence-corrected chi connectivity index (χ2v) is 5.53. The third kappa shape index (κ3) is 2.32. The van der Waals surface area contributed by atoms with Crippen molar-refractivity contribution >= 4 is 11.6 Å². The fraction of sp³-hybridized carbons (Fsp3) is 0.375. The summed E-state index contributed by atoms with van der Waals surface area (Å²) in [6.45, 7) is 0. The van der Waals surface area contributed by atoms with E-state index in [2.05, 4.69) is 29.1 Å². The summed E-state index contributed by atoms with van der Waals surface area (Å²) in [5.74, 6) is 0. The van der Waals surface area contributed by atoms with Gasteiger partial charge >= 0.3 is 0 Å². The summed E-state index contributed by atoms with van der Waals surface area (Å²) >= 11 is 6.24. The zero-order valence-corrected chi connectivity index (χ0v) is 11.2. The van der Waals surface area contributed by atoms with Gasteiger partial charge in [-0.25, -0.2) is 0 Å². The molecule has 1 aromatic carbocycles. The largest absolute Gasteiger partial charge is 0.351 e. The number of nitrogens with zero attached hydrogens (tertiary/aromatic N) is 1. The van der Waals surface area contributed by atoms with Crippen molar-refractivity contribution in [1.82, 2.24) is 4.57 Å². The Morgan fingerprint density at radius 2 is 1.78 bits per heavy atom. The first-order chi connectivity index (χ1) is 8.84. The molecule has 0 saturated heterocycles. The Morgan fingerprint density at radius 1 is 1.00 bits per heavy atom. The molecule has 1 aromatic heterocycles. The lowest BCUT2D eigenvalue weighted by Gasteiger charge is -2.23. The van der Waals surface area contributed by atoms with Crippen LogP contribution in [0.3, 0.4) is 0 Å². The van der Waals surface area contributed by atoms with Gasteiger partial charge < -0.3 is 4.57 Å². The van der Waals surface area contributed by atoms with Crippen LogP contribution in [0.4, 0.5) is 0 Å². The Hall–Kier alpha value is -1.21. The lowest BCUT2D eigenvalue weighted by molar-refractivity contribution is 0.354. The third-order valence-electron chi connectivity index (χ3n) is 3.90. The van der Waals surface area contributed by atoms with Crippen molar-refractivity contribution in [1.29, 1.82) is 0 Å². The molecular weight excluding hydrogens is 242 g/mol. The fourth-order valence-corrected chi connectivity index (χ4v) is 3.12. The molecule has 0 radical (unpaired) electrons. The van der Waals surface area contributed by atoms with Crippen LogP contribution < -0.4 is 0 Å². The van der Waals surface area contributed by atoms with Gasteiger partial charge in [0.15, 0.2) is 0 Å². The van der Waals surface area contributed by atoms with E-state index < -0.39 is 0 Å². The van der Waals surface area contributed by atoms with Gasteiger partial charge in [0.25, 0.3) is 0 Å². The molecule has 0 N–H and O–H groups in total. The smallest absolute Gasteiger partial charge is 0.0484 e. The number of benzene rings is 1. The molecule has 0 bridgehead atoms. The summed E-state index contributed by atoms with van der Waals surface area (Å²) in [5.41, 5.74) is 2.36. The summed E-state index contributed by atoms with van der Waals surface area (Å²) < 4.78 is 2.37. The van der Waals surface area contributed by atoms with Crippen molar-refractivity contribution < 1.29 is 0 Å². The fourth-order valence-electron chi connectivity index (χ4n) is 2.87. The molecule has 0 amide bonds. The molecule has 2 heteroatoms. The molecule has 1 saturated carbocycles. The van der Waals surface area contributed by atoms with Gasteiger partial charge in [0.1, 0.15) is 0 Å². The normalized spacial score (nSPS) is 16.9. The minimum absolute atomic E-state index is 0.690. The molecule has 0 unspecified atom stereocenters. The van der Waals surface area contributed by atoms with Crippen molar-refractivity contribution in [3.8, 4) is 11.1 Å². The van der Waals surface area contributed by atoms with E-state index in [0.29, 0.717) is 6.04 Å². The maximum absolute atomic E-state index is 6.24. The van der Waals surface area contributed by atoms with Gasteiger partial charge in [0.05, 0.1) is 0 Å². The Morgan fingerprint density at radius 3 is 2.56 bits per heavy atom. The van der Waals surface area contributed by atoms with Crippen molar-refractivity contribution in [2.75, 3.05) is 0 Å². The van der Waals surface area contributed by atoms with Crippen LogP contribution in [-0.2, 0) is 0 Å². The highest BCUT2D eigenvalue weighted by molar-refractivity contribution is 6.33. The molecule has 3 rings (SSSR count). The van der Waals surface area contributed by atoms with Gasteiger partial charge in [-0.3, -0.25) is 0 Å². The van der Waals surface area contributed by atoms with Crippen LogP contribution >= 0.6 is 11.6 Å². The van der Waals surface area contributed by atoms with Crippen LogP contribution in [0.5, 0.6) is 0 Å². The number of aromatic nitrogens is 1. The Balaban J connectivity index is 1.87. The zero-order valence-electron chi connectivity index (χ0n) is 10.5. The van der Waals surface area contributed by atoms with Gasteiger partial charge in [-0.15, -0.1) is 0 Å². The Bertz CT molecular complexity index is 523. The molecule has 0 aliphatic heterocycles. The van der Waals surface area contributed by atoms with Crippen molar-refractivity contribution in [2.24, 2.45) is 0 Å². The SMILES string of the molecule is Clc1ccccc1-c1ccn(C2CCCCC2)c1. The summed E-state index contributed by atoms with van der Waals surface area (Å²) in [6, 6.07) is 10.9. The van der Waals surface area contributed by atoms with Crippen LogP contribution in [0.2, 0.25) is 5.02 Å². The lowest BCUT2D eigenvalue weighted by atomic mass is 9.95. The molecule has 1 heterocycles. The van der Waals surface area contributed by atoms with Gasteiger partial charge in [0.2, 0.25) is 0 Å². The summed E-state index contributed by atoms with van der Waals surface area (Å²) in [4.78, 5) is 0. The monoisotopic (exact) mass is 259 g/mol. The topological polar surface area (TPSA) is 4.93 Å². The van der Waals surface area contributed by atoms with Crippen LogP contribution in [0, 0.1) is 0 Å². The quantitative estimate of drug-likeness (QED) is 0.688. The van der Waals surface area contributed by atoms with Gasteiger partial charge in [-0.05, 0) is 25.0 Å². The zero-order chi connectivity index (χ0) is 12.4. The first kappa shape index (κ1) is 11.9. The molecule has 1 aliphatic rings. The molecular formula is C16H18ClN. The van der Waals surface area contributed by atoms with Gasteiger partial charge in [-0.1, -0.05) is 49.1 Å². The van der Waals surface area contributed by atoms with Crippen molar-refractivity contribution in [3.05, 3.63) is 47.7 Å². The highest BCUT2D eigenvalue weighted by Crippen LogP contribution is 2.32. The lowest BCUT2D eigenvalue weighted by Crippen LogP contribution is -2.10. The predicted octanol–water partition coefficient (Wildman–Crippen LogP) is 5.31. The average molecular weight is 260 g/mol. The highest BCUT2D eigenvalue weighted by Gasteiger charge is 2.15. The van der Waals surface area contributed by atoms with E-state index >= 15 is 0 Å². The standard InChI is InChI=1S/C16H18ClN/c17-16-9-5-4-8-15(16)13-10-11-18(12-13)14-6-2-1-3-7-14/h4-5,8-12,14H,1-3,6-7H2. The van der Waals surface area contributed by atoms with Crippen molar-refractivity contribution in [2.45, 2.75) is 38.1 Å². The van der Waals surface area contributed by atoms with Crippen LogP contribution in [-0.4, -0.2) is 4.57 Å². The second kappa shape index (κ2) is 5.19. The molecule has 1 fully saturated rings. The minimum atomic E-state index is 0.690. The first-order valence-corrected chi connectivity index (χ1v) is 7.15. The average Bonchev–Trinajstić information content (AvgIpc) is 2.90. The maximum Gasteiger partial charge on any atom is 0.0484 e. The highest BCUT2D eigenvalue weighted by atomic mass is 35.5. The minimum Gasteiger partial charge on any atom is -0.351 e. The van der Waals surface area contributed by atoms with E-state index in [4.69, 9.17) is 11.6 Å². The van der Waals surface area contributed by atoms with Crippen LogP contribution in [0.1, 0.15) is 38.1 Å². The van der Waals surface area contributed by atoms with Crippen molar-refractivity contribution in [3.63, 3.8) is 0 Å². The number of hydrogen-bond donors (Lipinski definition) is 0. The molecule has 1 aliphatic carbocycles. The second-order valence-electron chi connectivity index (χ2n) is 5.12. The molecule has 94 valence electrons. The Labute approximate surface area is 113 Å². The summed E-state index contributed by atoms with van der Waals surface area (Å²) in [7, 11) is 0. The molecule has 1 nitrogen and oxygen atoms in total. The summed E-state index contributed by atoms with van der Waals surface area (Å²) in [5, 5.41) is 0.832. The number of halogens is 1. The molecule has 0 spiro atoms. The maximum atomic E-state index is 6.24. The third-order valence-corrected chi connectivity index (χ3v) is 4.23. The Kier molecular flexibility index (Phi) is 3.42. The number of rotatable bonds is 2. The van der Waals surface area contributed by atoms with Crippen LogP contribution in [0.15, 0.2) is 42.7 Å². The van der Waals surface area contributed by atoms with E-state index in [9.17, 15) is 0 Å². The van der Waals surface area contributed by atoms with Crippen LogP contribution in [0.25, 0.3) is 11.1 Å². The first-order valence-electron chi connectivity index (χ1n) is 6.77. The summed E-state index contributed by atoms with van der Waals surface area (Å²) in [6.07, 6.45) is 11.2. The van der Waals surface area contributed by atoms with E-state index in [1.165, 1.54) is 37.7 Å². The van der Waals surface area contributed by atoms with E-state index in [0.717, 1.165) is 10.6 Å². The predicted molar refractivity (Wildman–Crippen MR) is 77.0 cm³/mol.